The lowest BCUT2D eigenvalue weighted by Crippen LogP contribution is -2.49. The average Bonchev–Trinajstić information content (AvgIpc) is 2.77. The molecule has 1 aromatic rings. The molecule has 0 aliphatic carbocycles. The molecule has 2 aliphatic rings. The van der Waals surface area contributed by atoms with Gasteiger partial charge in [-0.25, -0.2) is 4.79 Å². The van der Waals surface area contributed by atoms with Gasteiger partial charge >= 0.3 is 6.03 Å². The van der Waals surface area contributed by atoms with E-state index < -0.39 is 0 Å². The van der Waals surface area contributed by atoms with E-state index in [2.05, 4.69) is 24.4 Å². The number of hydrogen-bond donors (Lipinski definition) is 1. The summed E-state index contributed by atoms with van der Waals surface area (Å²) in [7, 11) is 0. The molecule has 2 fully saturated rings. The van der Waals surface area contributed by atoms with Crippen molar-refractivity contribution in [3.63, 3.8) is 0 Å². The van der Waals surface area contributed by atoms with Gasteiger partial charge in [-0.2, -0.15) is 0 Å². The molecule has 1 N–H and O–H groups in total. The molecular weight excluding hydrogens is 226 g/mol. The zero-order chi connectivity index (χ0) is 12.5. The van der Waals surface area contributed by atoms with Gasteiger partial charge in [-0.15, -0.1) is 0 Å². The number of hydrogen-bond acceptors (Lipinski definition) is 2. The van der Waals surface area contributed by atoms with Gasteiger partial charge in [0.2, 0.25) is 0 Å². The van der Waals surface area contributed by atoms with Crippen LogP contribution in [0, 0.1) is 0 Å². The molecular formula is C14H19N3O. The smallest absolute Gasteiger partial charge is 0.317 e. The van der Waals surface area contributed by atoms with Crippen LogP contribution in [-0.2, 0) is 0 Å². The Morgan fingerprint density at radius 3 is 2.83 bits per heavy atom. The molecule has 4 nitrogen and oxygen atoms in total. The van der Waals surface area contributed by atoms with Crippen LogP contribution in [0.2, 0.25) is 0 Å². The number of nitrogens with zero attached hydrogens (tertiary/aromatic N) is 2. The van der Waals surface area contributed by atoms with E-state index in [4.69, 9.17) is 0 Å². The second-order valence-electron chi connectivity index (χ2n) is 5.07. The highest BCUT2D eigenvalue weighted by Gasteiger charge is 2.40. The molecule has 2 saturated heterocycles. The van der Waals surface area contributed by atoms with Crippen LogP contribution in [0.5, 0.6) is 0 Å². The maximum atomic E-state index is 12.4. The second-order valence-corrected chi connectivity index (χ2v) is 5.07. The molecule has 2 amide bonds. The van der Waals surface area contributed by atoms with Crippen molar-refractivity contribution in [3.8, 4) is 0 Å². The molecule has 2 heterocycles. The molecule has 1 aromatic carbocycles. The molecule has 3 rings (SSSR count). The van der Waals surface area contributed by atoms with Crippen molar-refractivity contribution in [2.75, 3.05) is 26.2 Å². The van der Waals surface area contributed by atoms with E-state index in [1.54, 1.807) is 0 Å². The number of carbonyl (C=O) groups excluding carboxylic acids is 1. The Balaban J connectivity index is 1.79. The third kappa shape index (κ3) is 1.86. The van der Waals surface area contributed by atoms with E-state index in [0.717, 1.165) is 26.2 Å². The van der Waals surface area contributed by atoms with Crippen LogP contribution in [0.15, 0.2) is 30.3 Å². The first kappa shape index (κ1) is 11.5. The molecule has 2 unspecified atom stereocenters. The lowest BCUT2D eigenvalue weighted by molar-refractivity contribution is 0.172. The van der Waals surface area contributed by atoms with Crippen molar-refractivity contribution in [1.29, 1.82) is 0 Å². The molecule has 2 atom stereocenters. The minimum Gasteiger partial charge on any atom is -0.317 e. The molecule has 2 aliphatic heterocycles. The normalized spacial score (nSPS) is 25.2. The number of amides is 2. The summed E-state index contributed by atoms with van der Waals surface area (Å²) in [5, 5.41) is 3.36. The van der Waals surface area contributed by atoms with Crippen LogP contribution in [0.3, 0.4) is 0 Å². The zero-order valence-electron chi connectivity index (χ0n) is 10.7. The van der Waals surface area contributed by atoms with E-state index in [9.17, 15) is 4.79 Å². The molecule has 18 heavy (non-hydrogen) atoms. The van der Waals surface area contributed by atoms with E-state index in [0.29, 0.717) is 6.04 Å². The summed E-state index contributed by atoms with van der Waals surface area (Å²) in [6.07, 6.45) is 0. The molecule has 96 valence electrons. The summed E-state index contributed by atoms with van der Waals surface area (Å²) < 4.78 is 0. The Hall–Kier alpha value is -1.55. The van der Waals surface area contributed by atoms with Crippen LogP contribution in [-0.4, -0.2) is 48.1 Å². The summed E-state index contributed by atoms with van der Waals surface area (Å²) in [5.41, 5.74) is 1.21. The van der Waals surface area contributed by atoms with Crippen molar-refractivity contribution in [2.45, 2.75) is 19.0 Å². The highest BCUT2D eigenvalue weighted by molar-refractivity contribution is 5.78. The van der Waals surface area contributed by atoms with E-state index in [-0.39, 0.29) is 12.1 Å². The van der Waals surface area contributed by atoms with Gasteiger partial charge in [-0.3, -0.25) is 0 Å². The Morgan fingerprint density at radius 1 is 1.33 bits per heavy atom. The summed E-state index contributed by atoms with van der Waals surface area (Å²) in [4.78, 5) is 16.4. The van der Waals surface area contributed by atoms with E-state index in [1.165, 1.54) is 5.56 Å². The number of rotatable bonds is 2. The van der Waals surface area contributed by atoms with Crippen LogP contribution >= 0.6 is 0 Å². The maximum absolute atomic E-state index is 12.4. The van der Waals surface area contributed by atoms with Gasteiger partial charge in [0.25, 0.3) is 0 Å². The van der Waals surface area contributed by atoms with Gasteiger partial charge in [0.05, 0.1) is 12.1 Å². The molecule has 0 aromatic heterocycles. The van der Waals surface area contributed by atoms with Gasteiger partial charge in [0.15, 0.2) is 0 Å². The number of fused-ring (bicyclic) bond motifs is 1. The third-order valence-electron chi connectivity index (χ3n) is 4.00. The quantitative estimate of drug-likeness (QED) is 0.856. The van der Waals surface area contributed by atoms with Gasteiger partial charge in [0.1, 0.15) is 0 Å². The fourth-order valence-electron chi connectivity index (χ4n) is 2.88. The first-order valence-electron chi connectivity index (χ1n) is 6.60. The summed E-state index contributed by atoms with van der Waals surface area (Å²) >= 11 is 0. The number of carbonyl (C=O) groups is 1. The highest BCUT2D eigenvalue weighted by Crippen LogP contribution is 2.27. The largest absolute Gasteiger partial charge is 0.320 e. The Bertz CT molecular complexity index is 434. The first-order valence-corrected chi connectivity index (χ1v) is 6.60. The minimum atomic E-state index is 0.157. The lowest BCUT2D eigenvalue weighted by Gasteiger charge is -2.28. The predicted molar refractivity (Wildman–Crippen MR) is 70.3 cm³/mol. The Labute approximate surface area is 108 Å². The average molecular weight is 245 g/mol. The van der Waals surface area contributed by atoms with Crippen molar-refractivity contribution in [1.82, 2.24) is 15.1 Å². The topological polar surface area (TPSA) is 35.6 Å². The number of benzene rings is 1. The fraction of sp³-hybridized carbons (Fsp3) is 0.500. The number of urea groups is 1. The summed E-state index contributed by atoms with van der Waals surface area (Å²) in [6, 6.07) is 10.9. The third-order valence-corrected chi connectivity index (χ3v) is 4.00. The van der Waals surface area contributed by atoms with E-state index >= 15 is 0 Å². The van der Waals surface area contributed by atoms with Crippen molar-refractivity contribution in [3.05, 3.63) is 35.9 Å². The molecule has 0 spiro atoms. The lowest BCUT2D eigenvalue weighted by atomic mass is 10.1. The van der Waals surface area contributed by atoms with Gasteiger partial charge in [-0.05, 0) is 12.5 Å². The van der Waals surface area contributed by atoms with Gasteiger partial charge in [0, 0.05) is 26.2 Å². The number of piperazine rings is 1. The second kappa shape index (κ2) is 4.61. The molecule has 0 bridgehead atoms. The van der Waals surface area contributed by atoms with Crippen LogP contribution < -0.4 is 5.32 Å². The van der Waals surface area contributed by atoms with Crippen LogP contribution in [0.1, 0.15) is 18.5 Å². The van der Waals surface area contributed by atoms with Crippen molar-refractivity contribution < 1.29 is 4.79 Å². The number of nitrogens with one attached hydrogen (secondary N) is 1. The van der Waals surface area contributed by atoms with Crippen LogP contribution in [0.4, 0.5) is 4.79 Å². The Morgan fingerprint density at radius 2 is 2.11 bits per heavy atom. The van der Waals surface area contributed by atoms with Gasteiger partial charge < -0.3 is 15.1 Å². The highest BCUT2D eigenvalue weighted by atomic mass is 16.2. The maximum Gasteiger partial charge on any atom is 0.320 e. The summed E-state index contributed by atoms with van der Waals surface area (Å²) in [6.45, 7) is 5.61. The molecule has 4 heteroatoms. The first-order chi connectivity index (χ1) is 8.77. The standard InChI is InChI=1S/C14H19N3O/c1-11(12-5-3-2-4-6-12)17-10-13-9-15-7-8-16(13)14(17)18/h2-6,11,13,15H,7-10H2,1H3. The van der Waals surface area contributed by atoms with Crippen LogP contribution in [0.25, 0.3) is 0 Å². The fourth-order valence-corrected chi connectivity index (χ4v) is 2.88. The Kier molecular flexibility index (Phi) is 2.96. The minimum absolute atomic E-state index is 0.157. The molecule has 0 saturated carbocycles. The van der Waals surface area contributed by atoms with Crippen molar-refractivity contribution in [2.24, 2.45) is 0 Å². The SMILES string of the molecule is CC(c1ccccc1)N1CC2CNCCN2C1=O. The van der Waals surface area contributed by atoms with E-state index in [1.807, 2.05) is 28.0 Å². The monoisotopic (exact) mass is 245 g/mol. The molecule has 0 radical (unpaired) electrons. The predicted octanol–water partition coefficient (Wildman–Crippen LogP) is 1.46. The summed E-state index contributed by atoms with van der Waals surface area (Å²) in [5.74, 6) is 0. The zero-order valence-corrected chi connectivity index (χ0v) is 10.7. The van der Waals surface area contributed by atoms with Gasteiger partial charge in [-0.1, -0.05) is 30.3 Å². The van der Waals surface area contributed by atoms with Crippen molar-refractivity contribution >= 4 is 6.03 Å².